The quantitative estimate of drug-likeness (QED) is 0.884. The molecule has 0 bridgehead atoms. The van der Waals surface area contributed by atoms with Crippen LogP contribution < -0.4 is 5.32 Å². The molecule has 0 saturated heterocycles. The van der Waals surface area contributed by atoms with Crippen LogP contribution in [0.3, 0.4) is 0 Å². The predicted molar refractivity (Wildman–Crippen MR) is 83.7 cm³/mol. The Morgan fingerprint density at radius 2 is 2.00 bits per heavy atom. The molecule has 1 N–H and O–H groups in total. The van der Waals surface area contributed by atoms with Gasteiger partial charge in [0.1, 0.15) is 0 Å². The lowest BCUT2D eigenvalue weighted by atomic mass is 10.1. The van der Waals surface area contributed by atoms with Crippen molar-refractivity contribution < 1.29 is 4.79 Å². The molecule has 0 atom stereocenters. The number of carbonyl (C=O) groups is 1. The van der Waals surface area contributed by atoms with Gasteiger partial charge in [-0.2, -0.15) is 0 Å². The van der Waals surface area contributed by atoms with Crippen LogP contribution in [0.4, 0.5) is 0 Å². The van der Waals surface area contributed by atoms with Gasteiger partial charge in [0, 0.05) is 19.8 Å². The average molecular weight is 338 g/mol. The van der Waals surface area contributed by atoms with E-state index in [-0.39, 0.29) is 5.91 Å². The highest BCUT2D eigenvalue weighted by Gasteiger charge is 2.07. The predicted octanol–water partition coefficient (Wildman–Crippen LogP) is 4.31. The molecule has 0 saturated carbocycles. The molecular formula is C15H16BrNOS. The van der Waals surface area contributed by atoms with Crippen molar-refractivity contribution in [2.75, 3.05) is 0 Å². The van der Waals surface area contributed by atoms with E-state index in [1.807, 2.05) is 25.1 Å². The van der Waals surface area contributed by atoms with E-state index in [0.29, 0.717) is 12.1 Å². The van der Waals surface area contributed by atoms with Crippen molar-refractivity contribution in [3.63, 3.8) is 0 Å². The normalized spacial score (nSPS) is 10.5. The molecule has 0 aliphatic heterocycles. The number of halogens is 1. The lowest BCUT2D eigenvalue weighted by Gasteiger charge is -2.05. The lowest BCUT2D eigenvalue weighted by Crippen LogP contribution is -2.22. The highest BCUT2D eigenvalue weighted by atomic mass is 79.9. The minimum atomic E-state index is -0.0259. The number of carbonyl (C=O) groups excluding carboxylic acids is 1. The number of hydrogen-bond donors (Lipinski definition) is 1. The van der Waals surface area contributed by atoms with E-state index in [9.17, 15) is 4.79 Å². The Bertz CT molecular complexity index is 592. The fraction of sp³-hybridized carbons (Fsp3) is 0.267. The summed E-state index contributed by atoms with van der Waals surface area (Å²) in [4.78, 5) is 14.6. The zero-order valence-electron chi connectivity index (χ0n) is 11.0. The molecule has 1 aromatic carbocycles. The number of benzene rings is 1. The molecule has 4 heteroatoms. The summed E-state index contributed by atoms with van der Waals surface area (Å²) in [6.07, 6.45) is 1.05. The highest BCUT2D eigenvalue weighted by Crippen LogP contribution is 2.18. The van der Waals surface area contributed by atoms with Gasteiger partial charge in [-0.1, -0.05) is 22.9 Å². The van der Waals surface area contributed by atoms with Crippen LogP contribution in [0.25, 0.3) is 0 Å². The lowest BCUT2D eigenvalue weighted by molar-refractivity contribution is 0.0951. The maximum absolute atomic E-state index is 12.0. The fourth-order valence-corrected chi connectivity index (χ4v) is 2.91. The van der Waals surface area contributed by atoms with Crippen LogP contribution in [-0.4, -0.2) is 5.91 Å². The molecule has 100 valence electrons. The first kappa shape index (κ1) is 14.3. The molecule has 0 radical (unpaired) electrons. The fourth-order valence-electron chi connectivity index (χ4n) is 1.76. The number of thiophene rings is 1. The molecule has 1 amide bonds. The number of nitrogens with one attached hydrogen (secondary N) is 1. The van der Waals surface area contributed by atoms with Crippen molar-refractivity contribution in [1.82, 2.24) is 5.32 Å². The van der Waals surface area contributed by atoms with Gasteiger partial charge >= 0.3 is 0 Å². The van der Waals surface area contributed by atoms with Gasteiger partial charge in [-0.25, -0.2) is 0 Å². The number of hydrogen-bond acceptors (Lipinski definition) is 2. The molecule has 0 aliphatic carbocycles. The van der Waals surface area contributed by atoms with Crippen molar-refractivity contribution in [2.24, 2.45) is 0 Å². The monoisotopic (exact) mass is 337 g/mol. The molecule has 2 nitrogen and oxygen atoms in total. The summed E-state index contributed by atoms with van der Waals surface area (Å²) < 4.78 is 1.02. The minimum Gasteiger partial charge on any atom is -0.347 e. The summed E-state index contributed by atoms with van der Waals surface area (Å²) in [5.41, 5.74) is 1.77. The molecule has 0 aliphatic rings. The first-order chi connectivity index (χ1) is 9.10. The Morgan fingerprint density at radius 3 is 2.63 bits per heavy atom. The van der Waals surface area contributed by atoms with E-state index in [2.05, 4.69) is 40.3 Å². The second-order valence-electron chi connectivity index (χ2n) is 4.37. The van der Waals surface area contributed by atoms with E-state index < -0.39 is 0 Å². The number of amides is 1. The molecule has 1 heterocycles. The SMILES string of the molecule is CCc1ccc(CNC(=O)c2ccc(Br)c(C)c2)s1. The van der Waals surface area contributed by atoms with Crippen LogP contribution in [0.15, 0.2) is 34.8 Å². The smallest absolute Gasteiger partial charge is 0.251 e. The van der Waals surface area contributed by atoms with Crippen molar-refractivity contribution >= 4 is 33.2 Å². The first-order valence-corrected chi connectivity index (χ1v) is 7.83. The Kier molecular flexibility index (Phi) is 4.77. The van der Waals surface area contributed by atoms with E-state index >= 15 is 0 Å². The maximum Gasteiger partial charge on any atom is 0.251 e. The van der Waals surface area contributed by atoms with E-state index in [0.717, 1.165) is 16.5 Å². The van der Waals surface area contributed by atoms with Crippen LogP contribution in [0.5, 0.6) is 0 Å². The number of aryl methyl sites for hydroxylation is 2. The summed E-state index contributed by atoms with van der Waals surface area (Å²) in [5.74, 6) is -0.0259. The average Bonchev–Trinajstić information content (AvgIpc) is 2.87. The van der Waals surface area contributed by atoms with Crippen LogP contribution in [0, 0.1) is 6.92 Å². The molecule has 19 heavy (non-hydrogen) atoms. The van der Waals surface area contributed by atoms with Crippen LogP contribution in [0.2, 0.25) is 0 Å². The zero-order chi connectivity index (χ0) is 13.8. The highest BCUT2D eigenvalue weighted by molar-refractivity contribution is 9.10. The summed E-state index contributed by atoms with van der Waals surface area (Å²) in [6.45, 7) is 4.71. The van der Waals surface area contributed by atoms with Crippen molar-refractivity contribution in [2.45, 2.75) is 26.8 Å². The standard InChI is InChI=1S/C15H16BrNOS/c1-3-12-5-6-13(19-12)9-17-15(18)11-4-7-14(16)10(2)8-11/h4-8H,3,9H2,1-2H3,(H,17,18). The molecule has 1 aromatic heterocycles. The third-order valence-electron chi connectivity index (χ3n) is 2.91. The van der Waals surface area contributed by atoms with Crippen molar-refractivity contribution in [1.29, 1.82) is 0 Å². The van der Waals surface area contributed by atoms with E-state index in [1.54, 1.807) is 11.3 Å². The Morgan fingerprint density at radius 1 is 1.26 bits per heavy atom. The largest absolute Gasteiger partial charge is 0.347 e. The van der Waals surface area contributed by atoms with Crippen LogP contribution >= 0.6 is 27.3 Å². The summed E-state index contributed by atoms with van der Waals surface area (Å²) >= 11 is 5.19. The topological polar surface area (TPSA) is 29.1 Å². The Hall–Kier alpha value is -1.13. The third-order valence-corrected chi connectivity index (χ3v) is 5.03. The molecule has 0 spiro atoms. The maximum atomic E-state index is 12.0. The van der Waals surface area contributed by atoms with Crippen molar-refractivity contribution in [3.05, 3.63) is 55.7 Å². The Labute approximate surface area is 126 Å². The van der Waals surface area contributed by atoms with Gasteiger partial charge in [-0.15, -0.1) is 11.3 Å². The van der Waals surface area contributed by atoms with Crippen molar-refractivity contribution in [3.8, 4) is 0 Å². The van der Waals surface area contributed by atoms with Gasteiger partial charge < -0.3 is 5.32 Å². The van der Waals surface area contributed by atoms with Gasteiger partial charge in [0.15, 0.2) is 0 Å². The van der Waals surface area contributed by atoms with E-state index in [4.69, 9.17) is 0 Å². The van der Waals surface area contributed by atoms with Crippen LogP contribution in [0.1, 0.15) is 32.6 Å². The zero-order valence-corrected chi connectivity index (χ0v) is 13.4. The van der Waals surface area contributed by atoms with Crippen LogP contribution in [-0.2, 0) is 13.0 Å². The van der Waals surface area contributed by atoms with Gasteiger partial charge in [0.2, 0.25) is 0 Å². The second kappa shape index (κ2) is 6.35. The van der Waals surface area contributed by atoms with Gasteiger partial charge in [-0.05, 0) is 49.2 Å². The summed E-state index contributed by atoms with van der Waals surface area (Å²) in [6, 6.07) is 9.83. The molecule has 0 fully saturated rings. The number of rotatable bonds is 4. The minimum absolute atomic E-state index is 0.0259. The Balaban J connectivity index is 1.99. The van der Waals surface area contributed by atoms with Gasteiger partial charge in [0.25, 0.3) is 5.91 Å². The summed E-state index contributed by atoms with van der Waals surface area (Å²) in [5, 5.41) is 2.96. The molecule has 0 unspecified atom stereocenters. The summed E-state index contributed by atoms with van der Waals surface area (Å²) in [7, 11) is 0. The molecule has 2 aromatic rings. The molecular weight excluding hydrogens is 322 g/mol. The third kappa shape index (κ3) is 3.67. The van der Waals surface area contributed by atoms with Gasteiger partial charge in [0.05, 0.1) is 6.54 Å². The van der Waals surface area contributed by atoms with Gasteiger partial charge in [-0.3, -0.25) is 4.79 Å². The second-order valence-corrected chi connectivity index (χ2v) is 6.48. The van der Waals surface area contributed by atoms with E-state index in [1.165, 1.54) is 9.75 Å². The molecule has 2 rings (SSSR count). The first-order valence-electron chi connectivity index (χ1n) is 6.22.